The Morgan fingerprint density at radius 2 is 1.82 bits per heavy atom. The normalized spacial score (nSPS) is 12.3. The lowest BCUT2D eigenvalue weighted by Gasteiger charge is -2.14. The molecule has 1 nitrogen and oxygen atoms in total. The van der Waals surface area contributed by atoms with Crippen LogP contribution in [0.2, 0.25) is 0 Å². The molecule has 0 spiro atoms. The zero-order valence-corrected chi connectivity index (χ0v) is 10.9. The molecule has 0 N–H and O–H groups in total. The number of unbranched alkanes of at least 4 members (excludes halogenated alkanes) is 4. The van der Waals surface area contributed by atoms with E-state index in [1.54, 1.807) is 0 Å². The first kappa shape index (κ1) is 14.0. The fraction of sp³-hybridized carbons (Fsp3) is 0.500. The molecule has 94 valence electrons. The predicted molar refractivity (Wildman–Crippen MR) is 74.1 cm³/mol. The van der Waals surface area contributed by atoms with Crippen LogP contribution in [0.3, 0.4) is 0 Å². The summed E-state index contributed by atoms with van der Waals surface area (Å²) < 4.78 is 5.84. The monoisotopic (exact) mass is 232 g/mol. The molecule has 1 aromatic carbocycles. The van der Waals surface area contributed by atoms with E-state index in [9.17, 15) is 0 Å². The van der Waals surface area contributed by atoms with Gasteiger partial charge >= 0.3 is 0 Å². The smallest absolute Gasteiger partial charge is 0.100 e. The minimum absolute atomic E-state index is 0.0439. The van der Waals surface area contributed by atoms with Crippen molar-refractivity contribution in [3.8, 4) is 0 Å². The lowest BCUT2D eigenvalue weighted by Crippen LogP contribution is -2.02. The molecule has 1 atom stereocenters. The van der Waals surface area contributed by atoms with E-state index < -0.39 is 0 Å². The van der Waals surface area contributed by atoms with Gasteiger partial charge in [0.25, 0.3) is 0 Å². The van der Waals surface area contributed by atoms with Crippen molar-refractivity contribution in [1.82, 2.24) is 0 Å². The Kier molecular flexibility index (Phi) is 7.40. The van der Waals surface area contributed by atoms with Gasteiger partial charge in [-0.2, -0.15) is 0 Å². The molecule has 0 saturated carbocycles. The van der Waals surface area contributed by atoms with Crippen LogP contribution in [-0.4, -0.2) is 6.61 Å². The summed E-state index contributed by atoms with van der Waals surface area (Å²) in [6.07, 6.45) is 8.29. The number of hydrogen-bond acceptors (Lipinski definition) is 1. The highest BCUT2D eigenvalue weighted by atomic mass is 16.5. The summed E-state index contributed by atoms with van der Waals surface area (Å²) in [4.78, 5) is 0. The van der Waals surface area contributed by atoms with Gasteiger partial charge in [0.15, 0.2) is 0 Å². The quantitative estimate of drug-likeness (QED) is 0.434. The van der Waals surface area contributed by atoms with Crippen LogP contribution in [0, 0.1) is 0 Å². The highest BCUT2D eigenvalue weighted by Crippen LogP contribution is 2.18. The first-order valence-corrected chi connectivity index (χ1v) is 6.67. The fourth-order valence-electron chi connectivity index (χ4n) is 1.86. The average Bonchev–Trinajstić information content (AvgIpc) is 2.39. The van der Waals surface area contributed by atoms with Crippen LogP contribution in [-0.2, 0) is 4.74 Å². The van der Waals surface area contributed by atoms with Crippen molar-refractivity contribution in [2.45, 2.75) is 45.1 Å². The minimum Gasteiger partial charge on any atom is -0.369 e. The predicted octanol–water partition coefficient (Wildman–Crippen LogP) is 4.90. The van der Waals surface area contributed by atoms with Crippen molar-refractivity contribution >= 4 is 0 Å². The lowest BCUT2D eigenvalue weighted by atomic mass is 10.1. The van der Waals surface area contributed by atoms with Gasteiger partial charge in [-0.1, -0.05) is 69.0 Å². The van der Waals surface area contributed by atoms with Gasteiger partial charge in [-0.15, -0.1) is 6.58 Å². The Morgan fingerprint density at radius 1 is 1.12 bits per heavy atom. The van der Waals surface area contributed by atoms with Crippen molar-refractivity contribution in [2.24, 2.45) is 0 Å². The van der Waals surface area contributed by atoms with Gasteiger partial charge in [0.2, 0.25) is 0 Å². The highest BCUT2D eigenvalue weighted by molar-refractivity contribution is 5.20. The molecule has 0 heterocycles. The third-order valence-corrected chi connectivity index (χ3v) is 2.89. The summed E-state index contributed by atoms with van der Waals surface area (Å²) in [5.41, 5.74) is 1.19. The van der Waals surface area contributed by atoms with Gasteiger partial charge < -0.3 is 4.74 Å². The van der Waals surface area contributed by atoms with Crippen LogP contribution in [0.4, 0.5) is 0 Å². The number of ether oxygens (including phenoxy) is 1. The van der Waals surface area contributed by atoms with Crippen molar-refractivity contribution in [3.63, 3.8) is 0 Å². The highest BCUT2D eigenvalue weighted by Gasteiger charge is 2.05. The molecular weight excluding hydrogens is 208 g/mol. The Hall–Kier alpha value is -1.08. The summed E-state index contributed by atoms with van der Waals surface area (Å²) in [6, 6.07) is 10.3. The zero-order valence-electron chi connectivity index (χ0n) is 10.9. The number of hydrogen-bond donors (Lipinski definition) is 0. The Morgan fingerprint density at radius 3 is 2.47 bits per heavy atom. The van der Waals surface area contributed by atoms with Crippen molar-refractivity contribution in [1.29, 1.82) is 0 Å². The standard InChI is InChI=1S/C16H24O/c1-3-5-6-7-11-14-17-16(4-2)15-12-9-8-10-13-15/h4,8-10,12-13,16H,2-3,5-7,11,14H2,1H3. The molecule has 0 aliphatic carbocycles. The molecule has 1 heteroatoms. The summed E-state index contributed by atoms with van der Waals surface area (Å²) >= 11 is 0. The molecule has 1 rings (SSSR count). The molecule has 0 aromatic heterocycles. The Labute approximate surface area is 106 Å². The van der Waals surface area contributed by atoms with Crippen LogP contribution in [0.1, 0.15) is 50.7 Å². The average molecular weight is 232 g/mol. The molecule has 1 unspecified atom stereocenters. The molecule has 0 aliphatic rings. The van der Waals surface area contributed by atoms with E-state index in [0.717, 1.165) is 13.0 Å². The van der Waals surface area contributed by atoms with Crippen molar-refractivity contribution < 1.29 is 4.74 Å². The summed E-state index contributed by atoms with van der Waals surface area (Å²) in [6.45, 7) is 6.91. The van der Waals surface area contributed by atoms with Gasteiger partial charge in [-0.05, 0) is 12.0 Å². The lowest BCUT2D eigenvalue weighted by molar-refractivity contribution is 0.0821. The molecule has 17 heavy (non-hydrogen) atoms. The molecule has 0 aliphatic heterocycles. The largest absolute Gasteiger partial charge is 0.369 e. The van der Waals surface area contributed by atoms with E-state index >= 15 is 0 Å². The van der Waals surface area contributed by atoms with Gasteiger partial charge in [0.05, 0.1) is 0 Å². The van der Waals surface area contributed by atoms with Gasteiger partial charge in [-0.3, -0.25) is 0 Å². The van der Waals surface area contributed by atoms with E-state index in [1.807, 2.05) is 24.3 Å². The molecule has 0 fully saturated rings. The second-order valence-corrected chi connectivity index (χ2v) is 4.35. The second-order valence-electron chi connectivity index (χ2n) is 4.35. The van der Waals surface area contributed by atoms with Crippen molar-refractivity contribution in [3.05, 3.63) is 48.6 Å². The van der Waals surface area contributed by atoms with Gasteiger partial charge in [-0.25, -0.2) is 0 Å². The van der Waals surface area contributed by atoms with Crippen LogP contribution in [0.5, 0.6) is 0 Å². The van der Waals surface area contributed by atoms with Crippen LogP contribution in [0.15, 0.2) is 43.0 Å². The summed E-state index contributed by atoms with van der Waals surface area (Å²) in [5, 5.41) is 0. The van der Waals surface area contributed by atoms with Crippen LogP contribution >= 0.6 is 0 Å². The maximum Gasteiger partial charge on any atom is 0.100 e. The van der Waals surface area contributed by atoms with E-state index in [-0.39, 0.29) is 6.10 Å². The van der Waals surface area contributed by atoms with Crippen LogP contribution < -0.4 is 0 Å². The van der Waals surface area contributed by atoms with Gasteiger partial charge in [0.1, 0.15) is 6.10 Å². The van der Waals surface area contributed by atoms with E-state index in [1.165, 1.54) is 31.2 Å². The third-order valence-electron chi connectivity index (χ3n) is 2.89. The third kappa shape index (κ3) is 5.69. The number of rotatable bonds is 9. The first-order chi connectivity index (χ1) is 8.38. The topological polar surface area (TPSA) is 9.23 Å². The first-order valence-electron chi connectivity index (χ1n) is 6.67. The van der Waals surface area contributed by atoms with Crippen molar-refractivity contribution in [2.75, 3.05) is 6.61 Å². The van der Waals surface area contributed by atoms with Crippen LogP contribution in [0.25, 0.3) is 0 Å². The fourth-order valence-corrected chi connectivity index (χ4v) is 1.86. The van der Waals surface area contributed by atoms with E-state index in [4.69, 9.17) is 4.74 Å². The van der Waals surface area contributed by atoms with Gasteiger partial charge in [0, 0.05) is 6.61 Å². The maximum absolute atomic E-state index is 5.84. The summed E-state index contributed by atoms with van der Waals surface area (Å²) in [5.74, 6) is 0. The molecule has 0 amide bonds. The molecular formula is C16H24O. The second kappa shape index (κ2) is 9.00. The molecule has 1 aromatic rings. The molecule has 0 saturated heterocycles. The molecule has 0 bridgehead atoms. The maximum atomic E-state index is 5.84. The Bertz CT molecular complexity index is 292. The SMILES string of the molecule is C=CC(OCCCCCCC)c1ccccc1. The summed E-state index contributed by atoms with van der Waals surface area (Å²) in [7, 11) is 0. The zero-order chi connectivity index (χ0) is 12.3. The number of benzene rings is 1. The van der Waals surface area contributed by atoms with E-state index in [0.29, 0.717) is 0 Å². The Balaban J connectivity index is 2.22. The molecule has 0 radical (unpaired) electrons. The minimum atomic E-state index is 0.0439. The van der Waals surface area contributed by atoms with E-state index in [2.05, 4.69) is 25.6 Å².